The van der Waals surface area contributed by atoms with Gasteiger partial charge in [-0.25, -0.2) is 5.26 Å². The van der Waals surface area contributed by atoms with Crippen molar-refractivity contribution in [1.29, 1.82) is 0 Å². The van der Waals surface area contributed by atoms with Crippen molar-refractivity contribution in [1.82, 2.24) is 0 Å². The summed E-state index contributed by atoms with van der Waals surface area (Å²) < 4.78 is 10.0. The number of ether oxygens (including phenoxy) is 1. The monoisotopic (exact) mass is 252 g/mol. The molecule has 0 fully saturated rings. The Morgan fingerprint density at radius 2 is 1.88 bits per heavy atom. The first kappa shape index (κ1) is 12.2. The number of rotatable bonds is 5. The van der Waals surface area contributed by atoms with Crippen LogP contribution in [0, 0.1) is 0 Å². The molecule has 17 heavy (non-hydrogen) atoms. The lowest BCUT2D eigenvalue weighted by molar-refractivity contribution is -0.432. The fraction of sp³-hybridized carbons (Fsp3) is 0.167. The van der Waals surface area contributed by atoms with Gasteiger partial charge in [0, 0.05) is 15.7 Å². The fourth-order valence-electron chi connectivity index (χ4n) is 1.65. The van der Waals surface area contributed by atoms with E-state index in [2.05, 4.69) is 9.37 Å². The number of hydrogen-bond acceptors (Lipinski definition) is 5. The van der Waals surface area contributed by atoms with Gasteiger partial charge in [0.15, 0.2) is 0 Å². The van der Waals surface area contributed by atoms with E-state index < -0.39 is 0 Å². The third kappa shape index (κ3) is 2.70. The molecular formula is C12H12O4S. The average Bonchev–Trinajstić information content (AvgIpc) is 2.38. The van der Waals surface area contributed by atoms with Gasteiger partial charge in [0.05, 0.1) is 18.6 Å². The summed E-state index contributed by atoms with van der Waals surface area (Å²) in [7, 11) is 0. The summed E-state index contributed by atoms with van der Waals surface area (Å²) in [5.41, 5.74) is 0. The van der Waals surface area contributed by atoms with Crippen molar-refractivity contribution < 1.29 is 19.4 Å². The molecule has 0 unspecified atom stereocenters. The van der Waals surface area contributed by atoms with Crippen LogP contribution in [0.4, 0.5) is 0 Å². The van der Waals surface area contributed by atoms with Crippen molar-refractivity contribution in [3.63, 3.8) is 0 Å². The molecule has 0 saturated heterocycles. The van der Waals surface area contributed by atoms with E-state index in [4.69, 9.17) is 9.99 Å². The molecule has 2 aromatic carbocycles. The van der Waals surface area contributed by atoms with Crippen LogP contribution in [0.25, 0.3) is 10.8 Å². The number of benzene rings is 2. The minimum atomic E-state index is 0.618. The zero-order valence-electron chi connectivity index (χ0n) is 9.25. The van der Waals surface area contributed by atoms with Crippen LogP contribution in [0.2, 0.25) is 0 Å². The van der Waals surface area contributed by atoms with Crippen molar-refractivity contribution >= 4 is 22.8 Å². The summed E-state index contributed by atoms with van der Waals surface area (Å²) in [4.78, 5) is 0.845. The molecule has 0 aliphatic rings. The molecule has 1 N–H and O–H groups in total. The maximum Gasteiger partial charge on any atom is 0.127 e. The Labute approximate surface area is 103 Å². The lowest BCUT2D eigenvalue weighted by Crippen LogP contribution is -1.93. The van der Waals surface area contributed by atoms with Gasteiger partial charge in [-0.05, 0) is 19.1 Å². The first-order valence-corrected chi connectivity index (χ1v) is 5.90. The summed E-state index contributed by atoms with van der Waals surface area (Å²) in [6.07, 6.45) is 0. The van der Waals surface area contributed by atoms with Crippen molar-refractivity contribution in [2.24, 2.45) is 0 Å². The van der Waals surface area contributed by atoms with Crippen LogP contribution in [0.15, 0.2) is 41.3 Å². The summed E-state index contributed by atoms with van der Waals surface area (Å²) in [6.45, 7) is 2.56. The topological polar surface area (TPSA) is 47.9 Å². The second kappa shape index (κ2) is 5.88. The third-order valence-electron chi connectivity index (χ3n) is 2.30. The van der Waals surface area contributed by atoms with Crippen LogP contribution in [0.5, 0.6) is 5.75 Å². The Balaban J connectivity index is 2.46. The SMILES string of the molecule is CCOc1ccc(SOOO)c2ccccc12. The summed E-state index contributed by atoms with van der Waals surface area (Å²) in [5, 5.41) is 13.8. The molecule has 5 heteroatoms. The first-order valence-electron chi connectivity index (χ1n) is 5.16. The Kier molecular flexibility index (Phi) is 4.22. The maximum absolute atomic E-state index is 8.17. The quantitative estimate of drug-likeness (QED) is 0.500. The van der Waals surface area contributed by atoms with Gasteiger partial charge in [0.2, 0.25) is 0 Å². The van der Waals surface area contributed by atoms with E-state index in [9.17, 15) is 0 Å². The van der Waals surface area contributed by atoms with Gasteiger partial charge in [-0.2, -0.15) is 0 Å². The third-order valence-corrected chi connectivity index (χ3v) is 2.96. The van der Waals surface area contributed by atoms with E-state index in [1.807, 2.05) is 43.3 Å². The van der Waals surface area contributed by atoms with Crippen molar-refractivity contribution in [2.45, 2.75) is 11.8 Å². The normalized spacial score (nSPS) is 10.7. The van der Waals surface area contributed by atoms with Gasteiger partial charge < -0.3 is 4.74 Å². The second-order valence-corrected chi connectivity index (χ2v) is 4.01. The molecule has 0 amide bonds. The highest BCUT2D eigenvalue weighted by molar-refractivity contribution is 7.94. The maximum atomic E-state index is 8.17. The number of fused-ring (bicyclic) bond motifs is 1. The molecule has 0 heterocycles. The molecule has 0 bridgehead atoms. The zero-order valence-corrected chi connectivity index (χ0v) is 10.1. The van der Waals surface area contributed by atoms with Crippen molar-refractivity contribution in [3.8, 4) is 5.75 Å². The predicted octanol–water partition coefficient (Wildman–Crippen LogP) is 3.67. The van der Waals surface area contributed by atoms with Crippen LogP contribution in [-0.2, 0) is 9.37 Å². The standard InChI is InChI=1S/C12H12O4S/c1-2-14-11-7-8-12(17-16-15-13)10-6-4-3-5-9(10)11/h3-8,13H,2H2,1H3. The van der Waals surface area contributed by atoms with Gasteiger partial charge in [0.1, 0.15) is 5.75 Å². The van der Waals surface area contributed by atoms with Gasteiger partial charge in [-0.3, -0.25) is 0 Å². The molecule has 4 nitrogen and oxygen atoms in total. The van der Waals surface area contributed by atoms with Crippen molar-refractivity contribution in [2.75, 3.05) is 6.61 Å². The van der Waals surface area contributed by atoms with Crippen LogP contribution >= 0.6 is 12.0 Å². The molecule has 0 aliphatic heterocycles. The predicted molar refractivity (Wildman–Crippen MR) is 65.8 cm³/mol. The van der Waals surface area contributed by atoms with E-state index in [-0.39, 0.29) is 0 Å². The second-order valence-electron chi connectivity index (χ2n) is 3.27. The summed E-state index contributed by atoms with van der Waals surface area (Å²) in [6, 6.07) is 11.5. The molecule has 0 aromatic heterocycles. The van der Waals surface area contributed by atoms with E-state index in [0.29, 0.717) is 6.61 Å². The lowest BCUT2D eigenvalue weighted by Gasteiger charge is -2.09. The van der Waals surface area contributed by atoms with Crippen LogP contribution in [0.3, 0.4) is 0 Å². The molecule has 0 saturated carbocycles. The van der Waals surface area contributed by atoms with E-state index in [0.717, 1.165) is 33.5 Å². The van der Waals surface area contributed by atoms with Gasteiger partial charge in [0.25, 0.3) is 0 Å². The molecule has 0 radical (unpaired) electrons. The van der Waals surface area contributed by atoms with E-state index in [1.165, 1.54) is 0 Å². The van der Waals surface area contributed by atoms with Gasteiger partial charge >= 0.3 is 0 Å². The fourth-order valence-corrected chi connectivity index (χ4v) is 2.14. The molecule has 2 rings (SSSR count). The Morgan fingerprint density at radius 1 is 1.12 bits per heavy atom. The Bertz CT molecular complexity index is 501. The lowest BCUT2D eigenvalue weighted by atomic mass is 10.1. The van der Waals surface area contributed by atoms with Crippen LogP contribution in [-0.4, -0.2) is 11.9 Å². The molecule has 2 aromatic rings. The molecule has 90 valence electrons. The highest BCUT2D eigenvalue weighted by Gasteiger charge is 2.07. The summed E-state index contributed by atoms with van der Waals surface area (Å²) >= 11 is 0.949. The molecule has 0 spiro atoms. The van der Waals surface area contributed by atoms with Gasteiger partial charge in [-0.15, -0.1) is 4.33 Å². The summed E-state index contributed by atoms with van der Waals surface area (Å²) in [5.74, 6) is 0.831. The van der Waals surface area contributed by atoms with Gasteiger partial charge in [-0.1, -0.05) is 29.3 Å². The highest BCUT2D eigenvalue weighted by Crippen LogP contribution is 2.34. The van der Waals surface area contributed by atoms with Crippen LogP contribution < -0.4 is 4.74 Å². The van der Waals surface area contributed by atoms with Crippen molar-refractivity contribution in [3.05, 3.63) is 36.4 Å². The first-order chi connectivity index (χ1) is 8.36. The smallest absolute Gasteiger partial charge is 0.127 e. The van der Waals surface area contributed by atoms with E-state index >= 15 is 0 Å². The zero-order chi connectivity index (χ0) is 12.1. The Morgan fingerprint density at radius 3 is 2.59 bits per heavy atom. The molecule has 0 atom stereocenters. The molecule has 0 aliphatic carbocycles. The number of hydrogen-bond donors (Lipinski definition) is 1. The largest absolute Gasteiger partial charge is 0.493 e. The average molecular weight is 252 g/mol. The Hall–Kier alpha value is -1.27. The minimum Gasteiger partial charge on any atom is -0.493 e. The minimum absolute atomic E-state index is 0.618. The molecular weight excluding hydrogens is 240 g/mol. The van der Waals surface area contributed by atoms with Crippen LogP contribution in [0.1, 0.15) is 6.92 Å². The van der Waals surface area contributed by atoms with E-state index in [1.54, 1.807) is 0 Å². The highest BCUT2D eigenvalue weighted by atomic mass is 32.2.